The Morgan fingerprint density at radius 2 is 1.89 bits per heavy atom. The van der Waals surface area contributed by atoms with E-state index in [2.05, 4.69) is 17.6 Å². The maximum absolute atomic E-state index is 12.6. The first-order chi connectivity index (χ1) is 13.5. The molecule has 0 aliphatic carbocycles. The largest absolute Gasteiger partial charge is 0.481 e. The second-order valence-corrected chi connectivity index (χ2v) is 7.07. The van der Waals surface area contributed by atoms with Crippen LogP contribution in [0.15, 0.2) is 42.5 Å². The van der Waals surface area contributed by atoms with Gasteiger partial charge in [0.1, 0.15) is 12.0 Å². The molecule has 3 N–H and O–H groups in total. The van der Waals surface area contributed by atoms with E-state index in [0.29, 0.717) is 12.2 Å². The van der Waals surface area contributed by atoms with Gasteiger partial charge in [-0.3, -0.25) is 9.59 Å². The van der Waals surface area contributed by atoms with Crippen molar-refractivity contribution in [3.63, 3.8) is 0 Å². The Hall–Kier alpha value is -3.09. The molecule has 28 heavy (non-hydrogen) atoms. The van der Waals surface area contributed by atoms with Crippen LogP contribution in [-0.2, 0) is 9.59 Å². The van der Waals surface area contributed by atoms with E-state index >= 15 is 0 Å². The molecule has 1 heterocycles. The molecule has 0 spiro atoms. The van der Waals surface area contributed by atoms with Gasteiger partial charge in [-0.05, 0) is 29.3 Å². The third-order valence-corrected chi connectivity index (χ3v) is 5.04. The Bertz CT molecular complexity index is 883. The third kappa shape index (κ3) is 4.42. The molecule has 1 saturated heterocycles. The summed E-state index contributed by atoms with van der Waals surface area (Å²) in [7, 11) is 0. The van der Waals surface area contributed by atoms with Crippen LogP contribution in [0.25, 0.3) is 10.8 Å². The van der Waals surface area contributed by atoms with Crippen LogP contribution in [0, 0.1) is 5.92 Å². The van der Waals surface area contributed by atoms with Crippen molar-refractivity contribution in [3.8, 4) is 0 Å². The van der Waals surface area contributed by atoms with Crippen molar-refractivity contribution in [2.45, 2.75) is 32.2 Å². The molecule has 1 aliphatic rings. The molecule has 7 heteroatoms. The van der Waals surface area contributed by atoms with Crippen LogP contribution in [0.1, 0.15) is 26.2 Å². The number of carbonyl (C=O) groups is 3. The van der Waals surface area contributed by atoms with Crippen molar-refractivity contribution < 1.29 is 19.5 Å². The van der Waals surface area contributed by atoms with Gasteiger partial charge in [0.05, 0.1) is 0 Å². The van der Waals surface area contributed by atoms with Crippen LogP contribution in [-0.4, -0.2) is 47.0 Å². The predicted molar refractivity (Wildman–Crippen MR) is 107 cm³/mol. The summed E-state index contributed by atoms with van der Waals surface area (Å²) in [5.41, 5.74) is 0.577. The number of carbonyl (C=O) groups excluding carboxylic acids is 2. The molecular formula is C21H25N3O4. The first kappa shape index (κ1) is 19.7. The SMILES string of the molecule is CCCCCN1CC(C(=O)O)C(NC(=O)Nc2ccc3ccccc3c2)C1=O. The number of hydrogen-bond acceptors (Lipinski definition) is 3. The molecule has 2 unspecified atom stereocenters. The van der Waals surface area contributed by atoms with Gasteiger partial charge >= 0.3 is 12.0 Å². The van der Waals surface area contributed by atoms with Crippen molar-refractivity contribution in [2.24, 2.45) is 5.92 Å². The van der Waals surface area contributed by atoms with Gasteiger partial charge in [0.25, 0.3) is 0 Å². The van der Waals surface area contributed by atoms with E-state index in [-0.39, 0.29) is 12.5 Å². The van der Waals surface area contributed by atoms with Gasteiger partial charge in [0, 0.05) is 18.8 Å². The molecule has 0 radical (unpaired) electrons. The van der Waals surface area contributed by atoms with Crippen LogP contribution >= 0.6 is 0 Å². The van der Waals surface area contributed by atoms with E-state index < -0.39 is 24.0 Å². The lowest BCUT2D eigenvalue weighted by atomic mass is 10.0. The minimum atomic E-state index is -1.08. The number of carboxylic acids is 1. The number of hydrogen-bond donors (Lipinski definition) is 3. The molecule has 0 bridgehead atoms. The number of likely N-dealkylation sites (tertiary alicyclic amines) is 1. The minimum Gasteiger partial charge on any atom is -0.481 e. The average Bonchev–Trinajstić information content (AvgIpc) is 2.98. The Kier molecular flexibility index (Phi) is 6.13. The summed E-state index contributed by atoms with van der Waals surface area (Å²) in [4.78, 5) is 38.1. The molecule has 3 rings (SSSR count). The van der Waals surface area contributed by atoms with Gasteiger partial charge < -0.3 is 20.6 Å². The van der Waals surface area contributed by atoms with E-state index in [0.717, 1.165) is 30.0 Å². The highest BCUT2D eigenvalue weighted by molar-refractivity contribution is 5.98. The zero-order valence-electron chi connectivity index (χ0n) is 15.9. The summed E-state index contributed by atoms with van der Waals surface area (Å²) in [5, 5.41) is 16.7. The van der Waals surface area contributed by atoms with Crippen molar-refractivity contribution in [2.75, 3.05) is 18.4 Å². The predicted octanol–water partition coefficient (Wildman–Crippen LogP) is 3.06. The van der Waals surface area contributed by atoms with E-state index in [1.807, 2.05) is 36.4 Å². The fraction of sp³-hybridized carbons (Fsp3) is 0.381. The van der Waals surface area contributed by atoms with Crippen molar-refractivity contribution in [1.82, 2.24) is 10.2 Å². The summed E-state index contributed by atoms with van der Waals surface area (Å²) in [5.74, 6) is -2.36. The molecule has 1 aliphatic heterocycles. The number of urea groups is 1. The zero-order chi connectivity index (χ0) is 20.1. The number of anilines is 1. The van der Waals surface area contributed by atoms with Gasteiger partial charge in [-0.25, -0.2) is 4.79 Å². The average molecular weight is 383 g/mol. The standard InChI is InChI=1S/C21H25N3O4/c1-2-3-6-11-24-13-17(20(26)27)18(19(24)25)23-21(28)22-16-10-9-14-7-4-5-8-15(14)12-16/h4-5,7-10,12,17-18H,2-3,6,11,13H2,1H3,(H,26,27)(H2,22,23,28). The van der Waals surface area contributed by atoms with E-state index in [4.69, 9.17) is 0 Å². The number of aliphatic carboxylic acids is 1. The van der Waals surface area contributed by atoms with Crippen molar-refractivity contribution in [3.05, 3.63) is 42.5 Å². The molecule has 7 nitrogen and oxygen atoms in total. The van der Waals surface area contributed by atoms with Crippen molar-refractivity contribution in [1.29, 1.82) is 0 Å². The maximum atomic E-state index is 12.6. The Labute approximate surface area is 163 Å². The highest BCUT2D eigenvalue weighted by Crippen LogP contribution is 2.21. The summed E-state index contributed by atoms with van der Waals surface area (Å²) >= 11 is 0. The summed E-state index contributed by atoms with van der Waals surface area (Å²) < 4.78 is 0. The first-order valence-electron chi connectivity index (χ1n) is 9.57. The number of nitrogens with zero attached hydrogens (tertiary/aromatic N) is 1. The van der Waals surface area contributed by atoms with E-state index in [1.165, 1.54) is 4.90 Å². The monoisotopic (exact) mass is 383 g/mol. The zero-order valence-corrected chi connectivity index (χ0v) is 15.9. The summed E-state index contributed by atoms with van der Waals surface area (Å²) in [6.07, 6.45) is 2.81. The Balaban J connectivity index is 1.66. The van der Waals surface area contributed by atoms with Crippen molar-refractivity contribution >= 4 is 34.4 Å². The van der Waals surface area contributed by atoms with Gasteiger partial charge in [-0.2, -0.15) is 0 Å². The lowest BCUT2D eigenvalue weighted by molar-refractivity contribution is -0.142. The number of nitrogens with one attached hydrogen (secondary N) is 2. The summed E-state index contributed by atoms with van der Waals surface area (Å²) in [6, 6.07) is 11.6. The number of benzene rings is 2. The number of amides is 3. The quantitative estimate of drug-likeness (QED) is 0.640. The highest BCUT2D eigenvalue weighted by Gasteiger charge is 2.45. The Morgan fingerprint density at radius 3 is 2.61 bits per heavy atom. The third-order valence-electron chi connectivity index (χ3n) is 5.04. The van der Waals surface area contributed by atoms with E-state index in [9.17, 15) is 19.5 Å². The molecule has 0 saturated carbocycles. The normalized spacial score (nSPS) is 19.0. The molecule has 0 aromatic heterocycles. The number of carboxylic acid groups (broad SMARTS) is 1. The smallest absolute Gasteiger partial charge is 0.319 e. The number of fused-ring (bicyclic) bond motifs is 1. The minimum absolute atomic E-state index is 0.124. The van der Waals surface area contributed by atoms with Gasteiger partial charge in [0.15, 0.2) is 0 Å². The van der Waals surface area contributed by atoms with Gasteiger partial charge in [-0.15, -0.1) is 0 Å². The first-order valence-corrected chi connectivity index (χ1v) is 9.57. The van der Waals surface area contributed by atoms with E-state index in [1.54, 1.807) is 6.07 Å². The van der Waals surface area contributed by atoms with Crippen LogP contribution in [0.5, 0.6) is 0 Å². The summed E-state index contributed by atoms with van der Waals surface area (Å²) in [6.45, 7) is 2.70. The molecule has 1 fully saturated rings. The molecule has 2 atom stereocenters. The van der Waals surface area contributed by atoms with Crippen LogP contribution in [0.2, 0.25) is 0 Å². The molecule has 3 amide bonds. The topological polar surface area (TPSA) is 98.7 Å². The lowest BCUT2D eigenvalue weighted by Crippen LogP contribution is -2.47. The molecule has 2 aromatic rings. The Morgan fingerprint density at radius 1 is 1.14 bits per heavy atom. The lowest BCUT2D eigenvalue weighted by Gasteiger charge is -2.17. The fourth-order valence-corrected chi connectivity index (χ4v) is 3.51. The van der Waals surface area contributed by atoms with Gasteiger partial charge in [0.2, 0.25) is 5.91 Å². The second-order valence-electron chi connectivity index (χ2n) is 7.07. The van der Waals surface area contributed by atoms with Crippen LogP contribution in [0.3, 0.4) is 0 Å². The number of unbranched alkanes of at least 4 members (excludes halogenated alkanes) is 2. The molecular weight excluding hydrogens is 358 g/mol. The van der Waals surface area contributed by atoms with Crippen LogP contribution < -0.4 is 10.6 Å². The van der Waals surface area contributed by atoms with Crippen LogP contribution in [0.4, 0.5) is 10.5 Å². The highest BCUT2D eigenvalue weighted by atomic mass is 16.4. The fourth-order valence-electron chi connectivity index (χ4n) is 3.51. The second kappa shape index (κ2) is 8.73. The number of rotatable bonds is 7. The van der Waals surface area contributed by atoms with Gasteiger partial charge in [-0.1, -0.05) is 50.1 Å². The molecule has 2 aromatic carbocycles. The molecule has 148 valence electrons. The maximum Gasteiger partial charge on any atom is 0.319 e.